The lowest BCUT2D eigenvalue weighted by Crippen LogP contribution is -2.24. The van der Waals surface area contributed by atoms with Gasteiger partial charge in [0.05, 0.1) is 7.11 Å². The van der Waals surface area contributed by atoms with Gasteiger partial charge in [0.25, 0.3) is 5.91 Å². The first-order chi connectivity index (χ1) is 11.8. The Labute approximate surface area is 145 Å². The van der Waals surface area contributed by atoms with E-state index in [2.05, 4.69) is 20.4 Å². The second-order valence-electron chi connectivity index (χ2n) is 5.68. The van der Waals surface area contributed by atoms with Gasteiger partial charge in [-0.25, -0.2) is 4.79 Å². The van der Waals surface area contributed by atoms with Gasteiger partial charge in [-0.1, -0.05) is 12.1 Å². The molecule has 2 rings (SSSR count). The van der Waals surface area contributed by atoms with E-state index in [4.69, 9.17) is 0 Å². The number of carbonyl (C=O) groups excluding carboxylic acids is 3. The molecule has 2 amide bonds. The summed E-state index contributed by atoms with van der Waals surface area (Å²) in [5.74, 6) is -0.344. The molecule has 0 saturated heterocycles. The summed E-state index contributed by atoms with van der Waals surface area (Å²) in [6.45, 7) is 5.33. The molecule has 0 spiro atoms. The zero-order valence-electron chi connectivity index (χ0n) is 14.6. The van der Waals surface area contributed by atoms with Gasteiger partial charge in [0.1, 0.15) is 5.69 Å². The summed E-state index contributed by atoms with van der Waals surface area (Å²) in [4.78, 5) is 38.1. The van der Waals surface area contributed by atoms with E-state index in [1.807, 2.05) is 0 Å². The molecule has 0 aliphatic rings. The largest absolute Gasteiger partial charge is 0.453 e. The molecule has 0 aliphatic carbocycles. The number of H-pyrrole nitrogens is 1. The summed E-state index contributed by atoms with van der Waals surface area (Å²) in [7, 11) is 1.29. The van der Waals surface area contributed by atoms with Crippen molar-refractivity contribution >= 4 is 23.5 Å². The molecule has 1 aromatic carbocycles. The molecule has 2 aromatic rings. The van der Waals surface area contributed by atoms with Crippen LogP contribution in [0.3, 0.4) is 0 Å². The smallest absolute Gasteiger partial charge is 0.411 e. The lowest BCUT2D eigenvalue weighted by Gasteiger charge is -2.07. The van der Waals surface area contributed by atoms with Crippen LogP contribution in [0, 0.1) is 13.8 Å². The van der Waals surface area contributed by atoms with Crippen molar-refractivity contribution < 1.29 is 19.1 Å². The number of rotatable bonds is 5. The summed E-state index contributed by atoms with van der Waals surface area (Å²) in [6, 6.07) is 7.02. The number of anilines is 1. The molecule has 7 heteroatoms. The van der Waals surface area contributed by atoms with E-state index in [-0.39, 0.29) is 11.7 Å². The average molecular weight is 343 g/mol. The molecule has 0 bridgehead atoms. The molecule has 0 aliphatic heterocycles. The van der Waals surface area contributed by atoms with Crippen LogP contribution in [0.4, 0.5) is 10.5 Å². The van der Waals surface area contributed by atoms with Crippen LogP contribution in [0.25, 0.3) is 0 Å². The van der Waals surface area contributed by atoms with Gasteiger partial charge in [0.2, 0.25) is 0 Å². The van der Waals surface area contributed by atoms with E-state index in [9.17, 15) is 14.4 Å². The number of Topliss-reactive ketones (excluding diaryl/α,β-unsaturated/α-hetero) is 1. The second kappa shape index (κ2) is 7.65. The molecule has 1 aromatic heterocycles. The highest BCUT2D eigenvalue weighted by Gasteiger charge is 2.19. The first kappa shape index (κ1) is 18.3. The SMILES string of the molecule is COC(=O)Nc1ccc(CNC(=O)c2[nH]c(C)c(C(C)=O)c2C)cc1. The summed E-state index contributed by atoms with van der Waals surface area (Å²) in [6.07, 6.45) is -0.542. The fourth-order valence-corrected chi connectivity index (χ4v) is 2.65. The number of amides is 2. The predicted octanol–water partition coefficient (Wildman–Crippen LogP) is 2.94. The Morgan fingerprint density at radius 3 is 2.28 bits per heavy atom. The monoisotopic (exact) mass is 343 g/mol. The number of ether oxygens (including phenoxy) is 1. The predicted molar refractivity (Wildman–Crippen MR) is 93.9 cm³/mol. The molecule has 0 fully saturated rings. The van der Waals surface area contributed by atoms with Crippen LogP contribution in [0.1, 0.15) is 44.6 Å². The Kier molecular flexibility index (Phi) is 5.59. The van der Waals surface area contributed by atoms with Gasteiger partial charge < -0.3 is 15.0 Å². The highest BCUT2D eigenvalue weighted by Crippen LogP contribution is 2.18. The molecular formula is C18H21N3O4. The first-order valence-corrected chi connectivity index (χ1v) is 7.75. The van der Waals surface area contributed by atoms with Crippen LogP contribution >= 0.6 is 0 Å². The Morgan fingerprint density at radius 2 is 1.76 bits per heavy atom. The molecule has 3 N–H and O–H groups in total. The van der Waals surface area contributed by atoms with Crippen LogP contribution in [0.15, 0.2) is 24.3 Å². The molecule has 0 unspecified atom stereocenters. The third kappa shape index (κ3) is 4.26. The van der Waals surface area contributed by atoms with Crippen molar-refractivity contribution in [1.82, 2.24) is 10.3 Å². The quantitative estimate of drug-likeness (QED) is 0.727. The number of hydrogen-bond donors (Lipinski definition) is 3. The maximum Gasteiger partial charge on any atom is 0.411 e. The van der Waals surface area contributed by atoms with Gasteiger partial charge in [-0.15, -0.1) is 0 Å². The molecule has 0 radical (unpaired) electrons. The Morgan fingerprint density at radius 1 is 1.12 bits per heavy atom. The van der Waals surface area contributed by atoms with E-state index in [0.717, 1.165) is 5.56 Å². The average Bonchev–Trinajstić information content (AvgIpc) is 2.88. The number of benzene rings is 1. The number of aryl methyl sites for hydroxylation is 1. The third-order valence-corrected chi connectivity index (χ3v) is 3.86. The van der Waals surface area contributed by atoms with Crippen LogP contribution in [0.2, 0.25) is 0 Å². The van der Waals surface area contributed by atoms with Crippen molar-refractivity contribution in [2.45, 2.75) is 27.3 Å². The van der Waals surface area contributed by atoms with E-state index in [1.54, 1.807) is 38.1 Å². The molecule has 0 saturated carbocycles. The maximum atomic E-state index is 12.4. The first-order valence-electron chi connectivity index (χ1n) is 7.75. The van der Waals surface area contributed by atoms with Crippen molar-refractivity contribution in [2.24, 2.45) is 0 Å². The van der Waals surface area contributed by atoms with Crippen LogP contribution in [-0.2, 0) is 11.3 Å². The Hall–Kier alpha value is -3.09. The number of aromatic nitrogens is 1. The lowest BCUT2D eigenvalue weighted by molar-refractivity contribution is 0.0945. The van der Waals surface area contributed by atoms with Gasteiger partial charge in [-0.05, 0) is 44.0 Å². The number of ketones is 1. The minimum absolute atomic E-state index is 0.0704. The summed E-state index contributed by atoms with van der Waals surface area (Å²) in [5.41, 5.74) is 3.77. The van der Waals surface area contributed by atoms with Gasteiger partial charge in [0.15, 0.2) is 5.78 Å². The van der Waals surface area contributed by atoms with Crippen molar-refractivity contribution in [3.8, 4) is 0 Å². The van der Waals surface area contributed by atoms with Gasteiger partial charge in [-0.2, -0.15) is 0 Å². The van der Waals surface area contributed by atoms with Crippen LogP contribution in [-0.4, -0.2) is 29.9 Å². The number of methoxy groups -OCH3 is 1. The topological polar surface area (TPSA) is 100 Å². The van der Waals surface area contributed by atoms with E-state index < -0.39 is 6.09 Å². The summed E-state index contributed by atoms with van der Waals surface area (Å²) in [5, 5.41) is 5.36. The summed E-state index contributed by atoms with van der Waals surface area (Å²) >= 11 is 0. The van der Waals surface area contributed by atoms with E-state index >= 15 is 0 Å². The van der Waals surface area contributed by atoms with Crippen molar-refractivity contribution in [1.29, 1.82) is 0 Å². The van der Waals surface area contributed by atoms with Gasteiger partial charge in [-0.3, -0.25) is 14.9 Å². The summed E-state index contributed by atoms with van der Waals surface area (Å²) < 4.78 is 4.52. The van der Waals surface area contributed by atoms with Crippen LogP contribution < -0.4 is 10.6 Å². The van der Waals surface area contributed by atoms with E-state index in [1.165, 1.54) is 14.0 Å². The Bertz CT molecular complexity index is 806. The third-order valence-electron chi connectivity index (χ3n) is 3.86. The zero-order valence-corrected chi connectivity index (χ0v) is 14.6. The fourth-order valence-electron chi connectivity index (χ4n) is 2.65. The molecule has 25 heavy (non-hydrogen) atoms. The minimum Gasteiger partial charge on any atom is -0.453 e. The Balaban J connectivity index is 2.02. The molecule has 0 atom stereocenters. The maximum absolute atomic E-state index is 12.4. The number of aromatic amines is 1. The number of carbonyl (C=O) groups is 3. The van der Waals surface area contributed by atoms with Crippen LogP contribution in [0.5, 0.6) is 0 Å². The minimum atomic E-state index is -0.542. The van der Waals surface area contributed by atoms with E-state index in [0.29, 0.717) is 34.7 Å². The molecule has 7 nitrogen and oxygen atoms in total. The molecule has 1 heterocycles. The van der Waals surface area contributed by atoms with Crippen molar-refractivity contribution in [3.63, 3.8) is 0 Å². The molecule has 132 valence electrons. The molecular weight excluding hydrogens is 322 g/mol. The zero-order chi connectivity index (χ0) is 18.6. The fraction of sp³-hybridized carbons (Fsp3) is 0.278. The highest BCUT2D eigenvalue weighted by atomic mass is 16.5. The number of nitrogens with one attached hydrogen (secondary N) is 3. The standard InChI is InChI=1S/C18H21N3O4/c1-10-15(12(3)22)11(2)20-16(10)17(23)19-9-13-5-7-14(8-6-13)21-18(24)25-4/h5-8,20H,9H2,1-4H3,(H,19,23)(H,21,24). The lowest BCUT2D eigenvalue weighted by atomic mass is 10.1. The number of hydrogen-bond acceptors (Lipinski definition) is 4. The van der Waals surface area contributed by atoms with Crippen molar-refractivity contribution in [2.75, 3.05) is 12.4 Å². The highest BCUT2D eigenvalue weighted by molar-refractivity contribution is 6.02. The van der Waals surface area contributed by atoms with Gasteiger partial charge >= 0.3 is 6.09 Å². The van der Waals surface area contributed by atoms with Crippen molar-refractivity contribution in [3.05, 3.63) is 52.3 Å². The van der Waals surface area contributed by atoms with Gasteiger partial charge in [0, 0.05) is 23.5 Å². The second-order valence-corrected chi connectivity index (χ2v) is 5.68. The normalized spacial score (nSPS) is 10.2.